The van der Waals surface area contributed by atoms with Gasteiger partial charge in [0.15, 0.2) is 0 Å². The summed E-state index contributed by atoms with van der Waals surface area (Å²) < 4.78 is 44.3. The molecule has 27 heavy (non-hydrogen) atoms. The third kappa shape index (κ3) is 4.14. The molecule has 1 saturated heterocycles. The summed E-state index contributed by atoms with van der Waals surface area (Å²) in [5, 5.41) is 20.7. The first-order valence-corrected chi connectivity index (χ1v) is 8.55. The second-order valence-electron chi connectivity index (χ2n) is 6.33. The van der Waals surface area contributed by atoms with Crippen LogP contribution in [0.25, 0.3) is 0 Å². The normalized spacial score (nSPS) is 26.1. The summed E-state index contributed by atoms with van der Waals surface area (Å²) in [6.07, 6.45) is -4.20. The molecule has 0 amide bonds. The number of nitrogens with zero attached hydrogens (tertiary/aromatic N) is 3. The van der Waals surface area contributed by atoms with Crippen molar-refractivity contribution in [2.75, 3.05) is 11.4 Å². The average molecular weight is 383 g/mol. The summed E-state index contributed by atoms with van der Waals surface area (Å²) in [5.74, 6) is -0.254. The summed E-state index contributed by atoms with van der Waals surface area (Å²) >= 11 is 0. The number of rotatable bonds is 4. The van der Waals surface area contributed by atoms with Gasteiger partial charge in [-0.1, -0.05) is 13.0 Å². The van der Waals surface area contributed by atoms with E-state index in [0.29, 0.717) is 6.42 Å². The topological polar surface area (TPSA) is 78.7 Å². The van der Waals surface area contributed by atoms with Gasteiger partial charge in [-0.3, -0.25) is 4.98 Å². The number of ether oxygens (including phenoxy) is 1. The molecule has 0 aromatic carbocycles. The van der Waals surface area contributed by atoms with Crippen LogP contribution in [0.4, 0.5) is 18.9 Å². The molecule has 9 heteroatoms. The van der Waals surface area contributed by atoms with Crippen molar-refractivity contribution < 1.29 is 28.1 Å². The number of β-amino-alcohol motifs (C(OH)–C–C–N with tert-alkyl or cyclic N) is 1. The highest BCUT2D eigenvalue weighted by Crippen LogP contribution is 2.32. The molecule has 1 aliphatic heterocycles. The number of hydrogen-bond donors (Lipinski definition) is 2. The van der Waals surface area contributed by atoms with Crippen LogP contribution in [0, 0.1) is 0 Å². The minimum absolute atomic E-state index is 0.166. The maximum absolute atomic E-state index is 12.9. The van der Waals surface area contributed by atoms with Crippen LogP contribution < -0.4 is 9.64 Å². The van der Waals surface area contributed by atoms with Gasteiger partial charge in [0.2, 0.25) is 5.88 Å². The highest BCUT2D eigenvalue weighted by Gasteiger charge is 2.43. The van der Waals surface area contributed by atoms with Crippen LogP contribution in [-0.2, 0) is 6.18 Å². The van der Waals surface area contributed by atoms with Crippen LogP contribution >= 0.6 is 0 Å². The zero-order valence-electron chi connectivity index (χ0n) is 14.5. The third-order valence-corrected chi connectivity index (χ3v) is 4.58. The zero-order chi connectivity index (χ0) is 19.6. The van der Waals surface area contributed by atoms with Gasteiger partial charge in [-0.05, 0) is 24.6 Å². The number of pyridine rings is 2. The Bertz CT molecular complexity index is 760. The first kappa shape index (κ1) is 19.4. The Hall–Kier alpha value is -2.39. The van der Waals surface area contributed by atoms with Crippen molar-refractivity contribution >= 4 is 5.69 Å². The van der Waals surface area contributed by atoms with Gasteiger partial charge in [-0.25, -0.2) is 4.98 Å². The van der Waals surface area contributed by atoms with Crippen molar-refractivity contribution in [3.05, 3.63) is 48.4 Å². The van der Waals surface area contributed by atoms with E-state index in [-0.39, 0.29) is 18.5 Å². The highest BCUT2D eigenvalue weighted by atomic mass is 19.4. The predicted octanol–water partition coefficient (Wildman–Crippen LogP) is 2.26. The number of aliphatic hydroxyl groups excluding tert-OH is 2. The Balaban J connectivity index is 1.90. The van der Waals surface area contributed by atoms with Crippen LogP contribution in [0.5, 0.6) is 5.88 Å². The molecular formula is C18H20F3N3O3. The Morgan fingerprint density at radius 2 is 1.89 bits per heavy atom. The van der Waals surface area contributed by atoms with Crippen LogP contribution in [0.1, 0.15) is 19.0 Å². The van der Waals surface area contributed by atoms with Gasteiger partial charge in [-0.2, -0.15) is 13.2 Å². The molecule has 6 nitrogen and oxygen atoms in total. The minimum Gasteiger partial charge on any atom is -0.469 e. The number of hydrogen-bond acceptors (Lipinski definition) is 6. The first-order chi connectivity index (χ1) is 12.8. The summed E-state index contributed by atoms with van der Waals surface area (Å²) in [6.45, 7) is 2.04. The van der Waals surface area contributed by atoms with Gasteiger partial charge >= 0.3 is 6.18 Å². The maximum atomic E-state index is 12.9. The standard InChI is InChI=1S/C18H20F3N3O3/c1-2-12-17(27-15-5-3-4-14(23-15)18(19,20)21)16(26)13(25)10-24(12)11-6-8-22-9-7-11/h3-9,12-13,16-17,25-26H,2,10H2,1H3/t12?,13-,16-,17-/m0/s1. The van der Waals surface area contributed by atoms with Gasteiger partial charge in [-0.15, -0.1) is 0 Å². The molecule has 2 aromatic rings. The lowest BCUT2D eigenvalue weighted by Crippen LogP contribution is -2.63. The predicted molar refractivity (Wildman–Crippen MR) is 91.3 cm³/mol. The summed E-state index contributed by atoms with van der Waals surface area (Å²) in [7, 11) is 0. The van der Waals surface area contributed by atoms with E-state index < -0.39 is 30.2 Å². The van der Waals surface area contributed by atoms with Crippen LogP contribution in [0.3, 0.4) is 0 Å². The fourth-order valence-electron chi connectivity index (χ4n) is 3.28. The Labute approximate surface area is 154 Å². The van der Waals surface area contributed by atoms with E-state index in [1.165, 1.54) is 12.1 Å². The molecule has 0 spiro atoms. The fourth-order valence-corrected chi connectivity index (χ4v) is 3.28. The molecule has 1 aliphatic rings. The molecule has 2 aromatic heterocycles. The van der Waals surface area contributed by atoms with Crippen molar-refractivity contribution in [2.45, 2.75) is 43.9 Å². The molecule has 1 unspecified atom stereocenters. The van der Waals surface area contributed by atoms with Crippen LogP contribution in [0.2, 0.25) is 0 Å². The van der Waals surface area contributed by atoms with Crippen LogP contribution in [-0.4, -0.2) is 51.1 Å². The lowest BCUT2D eigenvalue weighted by Gasteiger charge is -2.46. The molecule has 2 N–H and O–H groups in total. The van der Waals surface area contributed by atoms with Gasteiger partial charge in [0, 0.05) is 30.7 Å². The smallest absolute Gasteiger partial charge is 0.433 e. The van der Waals surface area contributed by atoms with E-state index in [2.05, 4.69) is 9.97 Å². The largest absolute Gasteiger partial charge is 0.469 e. The second-order valence-corrected chi connectivity index (χ2v) is 6.33. The molecule has 4 atom stereocenters. The highest BCUT2D eigenvalue weighted by molar-refractivity contribution is 5.47. The van der Waals surface area contributed by atoms with E-state index >= 15 is 0 Å². The monoisotopic (exact) mass is 383 g/mol. The first-order valence-electron chi connectivity index (χ1n) is 8.55. The summed E-state index contributed by atoms with van der Waals surface area (Å²) in [4.78, 5) is 9.31. The van der Waals surface area contributed by atoms with Gasteiger partial charge in [0.25, 0.3) is 0 Å². The van der Waals surface area contributed by atoms with Crippen molar-refractivity contribution in [1.29, 1.82) is 0 Å². The maximum Gasteiger partial charge on any atom is 0.433 e. The fraction of sp³-hybridized carbons (Fsp3) is 0.444. The Morgan fingerprint density at radius 3 is 2.52 bits per heavy atom. The van der Waals surface area contributed by atoms with Crippen molar-refractivity contribution in [1.82, 2.24) is 9.97 Å². The number of piperidine rings is 1. The number of anilines is 1. The van der Waals surface area contributed by atoms with E-state index in [0.717, 1.165) is 11.8 Å². The van der Waals surface area contributed by atoms with Crippen molar-refractivity contribution in [3.63, 3.8) is 0 Å². The molecule has 0 saturated carbocycles. The van der Waals surface area contributed by atoms with E-state index in [4.69, 9.17) is 4.74 Å². The third-order valence-electron chi connectivity index (χ3n) is 4.58. The van der Waals surface area contributed by atoms with E-state index in [9.17, 15) is 23.4 Å². The molecule has 1 fully saturated rings. The molecule has 0 radical (unpaired) electrons. The number of aliphatic hydroxyl groups is 2. The molecule has 146 valence electrons. The van der Waals surface area contributed by atoms with Crippen LogP contribution in [0.15, 0.2) is 42.7 Å². The van der Waals surface area contributed by atoms with Crippen molar-refractivity contribution in [3.8, 4) is 5.88 Å². The quantitative estimate of drug-likeness (QED) is 0.843. The molecule has 3 heterocycles. The molecular weight excluding hydrogens is 363 g/mol. The van der Waals surface area contributed by atoms with E-state index in [1.807, 2.05) is 11.8 Å². The second kappa shape index (κ2) is 7.69. The van der Waals surface area contributed by atoms with Gasteiger partial charge in [0.1, 0.15) is 24.0 Å². The lowest BCUT2D eigenvalue weighted by molar-refractivity contribution is -0.141. The molecule has 0 bridgehead atoms. The van der Waals surface area contributed by atoms with Crippen molar-refractivity contribution in [2.24, 2.45) is 0 Å². The molecule has 0 aliphatic carbocycles. The Kier molecular flexibility index (Phi) is 5.52. The minimum atomic E-state index is -4.60. The Morgan fingerprint density at radius 1 is 1.19 bits per heavy atom. The summed E-state index contributed by atoms with van der Waals surface area (Å²) in [5.41, 5.74) is -0.307. The van der Waals surface area contributed by atoms with Gasteiger partial charge < -0.3 is 19.8 Å². The number of aromatic nitrogens is 2. The summed E-state index contributed by atoms with van der Waals surface area (Å²) in [6, 6.07) is 6.48. The average Bonchev–Trinajstić information content (AvgIpc) is 2.65. The zero-order valence-corrected chi connectivity index (χ0v) is 14.5. The SMILES string of the molecule is CCC1[C@H](Oc2cccc(C(F)(F)F)n2)[C@@H](O)[C@@H](O)CN1c1ccncc1. The number of halogens is 3. The van der Waals surface area contributed by atoms with E-state index in [1.54, 1.807) is 24.5 Å². The lowest BCUT2D eigenvalue weighted by atomic mass is 9.91. The molecule has 3 rings (SSSR count). The number of alkyl halides is 3. The van der Waals surface area contributed by atoms with Gasteiger partial charge in [0.05, 0.1) is 6.04 Å².